The number of tetrazole rings is 1. The van der Waals surface area contributed by atoms with Crippen LogP contribution in [0.2, 0.25) is 0 Å². The minimum absolute atomic E-state index is 0.142. The molecule has 2 rings (SSSR count). The van der Waals surface area contributed by atoms with Crippen LogP contribution in [0.1, 0.15) is 32.6 Å². The van der Waals surface area contributed by atoms with Gasteiger partial charge in [-0.15, -0.1) is 15.3 Å². The Balaban J connectivity index is 2.07. The van der Waals surface area contributed by atoms with Crippen LogP contribution >= 0.6 is 11.8 Å². The normalized spacial score (nSPS) is 12.0. The van der Waals surface area contributed by atoms with Crippen LogP contribution in [-0.4, -0.2) is 30.4 Å². The molecular formula is C9H14N6OS. The van der Waals surface area contributed by atoms with Gasteiger partial charge in [0.05, 0.1) is 11.3 Å². The third kappa shape index (κ3) is 2.82. The minimum atomic E-state index is -0.142. The molecule has 0 aliphatic heterocycles. The molecule has 17 heavy (non-hydrogen) atoms. The van der Waals surface area contributed by atoms with Gasteiger partial charge in [0, 0.05) is 6.92 Å². The average Bonchev–Trinajstić information content (AvgIpc) is 2.81. The molecule has 0 bridgehead atoms. The maximum absolute atomic E-state index is 5.29. The molecule has 0 saturated heterocycles. The molecule has 0 aliphatic rings. The smallest absolute Gasteiger partial charge is 0.226 e. The zero-order chi connectivity index (χ0) is 12.5. The van der Waals surface area contributed by atoms with Gasteiger partial charge in [0.1, 0.15) is 0 Å². The first kappa shape index (κ1) is 12.0. The van der Waals surface area contributed by atoms with Crippen LogP contribution in [-0.2, 0) is 11.3 Å². The number of hydrogen-bond acceptors (Lipinski definition) is 7. The number of aryl methyl sites for hydroxylation is 1. The second-order valence-electron chi connectivity index (χ2n) is 4.55. The lowest BCUT2D eigenvalue weighted by Gasteiger charge is -2.19. The van der Waals surface area contributed by atoms with Gasteiger partial charge in [0.25, 0.3) is 0 Å². The van der Waals surface area contributed by atoms with E-state index >= 15 is 0 Å². The maximum atomic E-state index is 5.29. The number of nitrogens with zero attached hydrogens (tertiary/aromatic N) is 6. The van der Waals surface area contributed by atoms with E-state index in [1.165, 1.54) is 11.8 Å². The van der Waals surface area contributed by atoms with Crippen molar-refractivity contribution in [3.8, 4) is 0 Å². The summed E-state index contributed by atoms with van der Waals surface area (Å²) >= 11 is 1.48. The monoisotopic (exact) mass is 254 g/mol. The summed E-state index contributed by atoms with van der Waals surface area (Å²) in [5.74, 6) is 1.71. The van der Waals surface area contributed by atoms with Crippen LogP contribution < -0.4 is 0 Å². The predicted octanol–water partition coefficient (Wildman–Crippen LogP) is 1.41. The first-order valence-corrected chi connectivity index (χ1v) is 6.16. The summed E-state index contributed by atoms with van der Waals surface area (Å²) < 4.78 is 7.07. The standard InChI is InChI=1S/C9H14N6OS/c1-6-10-11-7(16-6)5-17-8-12-13-14-15(8)9(2,3)4/h5H2,1-4H3. The van der Waals surface area contributed by atoms with Crippen LogP contribution in [0.15, 0.2) is 9.57 Å². The Morgan fingerprint density at radius 2 is 2.00 bits per heavy atom. The molecule has 8 heteroatoms. The maximum Gasteiger partial charge on any atom is 0.226 e. The van der Waals surface area contributed by atoms with Gasteiger partial charge < -0.3 is 4.42 Å². The lowest BCUT2D eigenvalue weighted by Crippen LogP contribution is -2.24. The van der Waals surface area contributed by atoms with Gasteiger partial charge in [-0.25, -0.2) is 4.68 Å². The molecule has 0 amide bonds. The molecule has 0 saturated carbocycles. The van der Waals surface area contributed by atoms with E-state index in [-0.39, 0.29) is 5.54 Å². The Morgan fingerprint density at radius 3 is 2.59 bits per heavy atom. The molecule has 2 aromatic heterocycles. The van der Waals surface area contributed by atoms with Crippen molar-refractivity contribution in [2.24, 2.45) is 0 Å². The second kappa shape index (κ2) is 4.44. The van der Waals surface area contributed by atoms with Crippen molar-refractivity contribution in [1.82, 2.24) is 30.4 Å². The van der Waals surface area contributed by atoms with Crippen LogP contribution in [0.5, 0.6) is 0 Å². The molecule has 7 nitrogen and oxygen atoms in total. The molecule has 92 valence electrons. The van der Waals surface area contributed by atoms with Crippen LogP contribution in [0, 0.1) is 6.92 Å². The van der Waals surface area contributed by atoms with E-state index in [0.29, 0.717) is 17.5 Å². The molecule has 0 spiro atoms. The molecule has 0 aliphatic carbocycles. The number of aromatic nitrogens is 6. The minimum Gasteiger partial charge on any atom is -0.425 e. The largest absolute Gasteiger partial charge is 0.425 e. The molecule has 0 atom stereocenters. The fraction of sp³-hybridized carbons (Fsp3) is 0.667. The topological polar surface area (TPSA) is 82.5 Å². The third-order valence-electron chi connectivity index (χ3n) is 1.97. The van der Waals surface area contributed by atoms with E-state index in [0.717, 1.165) is 5.16 Å². The van der Waals surface area contributed by atoms with Crippen molar-refractivity contribution in [2.45, 2.75) is 44.1 Å². The Labute approximate surface area is 103 Å². The van der Waals surface area contributed by atoms with Gasteiger partial charge in [0.2, 0.25) is 16.9 Å². The van der Waals surface area contributed by atoms with Crippen LogP contribution in [0.4, 0.5) is 0 Å². The van der Waals surface area contributed by atoms with E-state index in [9.17, 15) is 0 Å². The Bertz CT molecular complexity index is 500. The zero-order valence-corrected chi connectivity index (χ0v) is 11.0. The number of rotatable bonds is 3. The number of thioether (sulfide) groups is 1. The highest BCUT2D eigenvalue weighted by molar-refractivity contribution is 7.98. The fourth-order valence-electron chi connectivity index (χ4n) is 1.21. The van der Waals surface area contributed by atoms with Crippen molar-refractivity contribution in [3.05, 3.63) is 11.8 Å². The average molecular weight is 254 g/mol. The van der Waals surface area contributed by atoms with Crippen molar-refractivity contribution in [3.63, 3.8) is 0 Å². The summed E-state index contributed by atoms with van der Waals surface area (Å²) in [6, 6.07) is 0. The van der Waals surface area contributed by atoms with Gasteiger partial charge in [-0.05, 0) is 31.2 Å². The van der Waals surface area contributed by atoms with E-state index in [4.69, 9.17) is 4.42 Å². The van der Waals surface area contributed by atoms with Crippen LogP contribution in [0.25, 0.3) is 0 Å². The van der Waals surface area contributed by atoms with E-state index in [1.807, 2.05) is 20.8 Å². The first-order valence-electron chi connectivity index (χ1n) is 5.17. The Morgan fingerprint density at radius 1 is 1.24 bits per heavy atom. The van der Waals surface area contributed by atoms with Crippen molar-refractivity contribution < 1.29 is 4.42 Å². The van der Waals surface area contributed by atoms with Gasteiger partial charge in [-0.3, -0.25) is 0 Å². The fourth-order valence-corrected chi connectivity index (χ4v) is 2.11. The molecule has 2 heterocycles. The van der Waals surface area contributed by atoms with Crippen molar-refractivity contribution in [2.75, 3.05) is 0 Å². The molecule has 0 radical (unpaired) electrons. The molecule has 0 fully saturated rings. The highest BCUT2D eigenvalue weighted by Gasteiger charge is 2.20. The van der Waals surface area contributed by atoms with E-state index in [1.54, 1.807) is 11.6 Å². The summed E-state index contributed by atoms with van der Waals surface area (Å²) in [5.41, 5.74) is -0.142. The van der Waals surface area contributed by atoms with E-state index < -0.39 is 0 Å². The Hall–Kier alpha value is -1.44. The summed E-state index contributed by atoms with van der Waals surface area (Å²) in [5, 5.41) is 20.1. The summed E-state index contributed by atoms with van der Waals surface area (Å²) in [6.45, 7) is 7.90. The van der Waals surface area contributed by atoms with Gasteiger partial charge in [0.15, 0.2) is 0 Å². The van der Waals surface area contributed by atoms with Gasteiger partial charge in [-0.1, -0.05) is 11.8 Å². The highest BCUT2D eigenvalue weighted by Crippen LogP contribution is 2.23. The quantitative estimate of drug-likeness (QED) is 0.766. The summed E-state index contributed by atoms with van der Waals surface area (Å²) in [7, 11) is 0. The lowest BCUT2D eigenvalue weighted by atomic mass is 10.1. The second-order valence-corrected chi connectivity index (χ2v) is 5.49. The Kier molecular flexibility index (Phi) is 3.14. The first-order chi connectivity index (χ1) is 7.97. The third-order valence-corrected chi connectivity index (χ3v) is 2.87. The SMILES string of the molecule is Cc1nnc(CSc2nnnn2C(C)(C)C)o1. The van der Waals surface area contributed by atoms with Crippen LogP contribution in [0.3, 0.4) is 0 Å². The molecule has 2 aromatic rings. The van der Waals surface area contributed by atoms with Gasteiger partial charge in [-0.2, -0.15) is 0 Å². The molecule has 0 unspecified atom stereocenters. The summed E-state index contributed by atoms with van der Waals surface area (Å²) in [6.07, 6.45) is 0. The van der Waals surface area contributed by atoms with Gasteiger partial charge >= 0.3 is 0 Å². The predicted molar refractivity (Wildman–Crippen MR) is 61.4 cm³/mol. The molecule has 0 N–H and O–H groups in total. The highest BCUT2D eigenvalue weighted by atomic mass is 32.2. The lowest BCUT2D eigenvalue weighted by molar-refractivity contribution is 0.321. The molecule has 0 aromatic carbocycles. The van der Waals surface area contributed by atoms with Crippen molar-refractivity contribution >= 4 is 11.8 Å². The van der Waals surface area contributed by atoms with Crippen molar-refractivity contribution in [1.29, 1.82) is 0 Å². The molecular weight excluding hydrogens is 240 g/mol. The zero-order valence-electron chi connectivity index (χ0n) is 10.2. The van der Waals surface area contributed by atoms with E-state index in [2.05, 4.69) is 25.7 Å². The summed E-state index contributed by atoms with van der Waals surface area (Å²) in [4.78, 5) is 0. The number of hydrogen-bond donors (Lipinski definition) is 0.